The predicted octanol–water partition coefficient (Wildman–Crippen LogP) is 3.54. The first-order valence-corrected chi connectivity index (χ1v) is 7.16. The molecule has 2 nitrogen and oxygen atoms in total. The van der Waals surface area contributed by atoms with Crippen molar-refractivity contribution in [3.8, 4) is 0 Å². The predicted molar refractivity (Wildman–Crippen MR) is 70.5 cm³/mol. The lowest BCUT2D eigenvalue weighted by Gasteiger charge is -2.21. The van der Waals surface area contributed by atoms with Crippen molar-refractivity contribution in [1.29, 1.82) is 0 Å². The van der Waals surface area contributed by atoms with Gasteiger partial charge < -0.3 is 5.32 Å². The minimum atomic E-state index is 0.768. The Morgan fingerprint density at radius 1 is 1.47 bits per heavy atom. The fourth-order valence-electron chi connectivity index (χ4n) is 1.67. The fourth-order valence-corrected chi connectivity index (χ4v) is 3.14. The van der Waals surface area contributed by atoms with Gasteiger partial charge in [-0.05, 0) is 46.7 Å². The van der Waals surface area contributed by atoms with Crippen LogP contribution in [0.1, 0.15) is 19.3 Å². The molecular formula is C11H15BrN2S. The lowest BCUT2D eigenvalue weighted by molar-refractivity contribution is 0.677. The minimum absolute atomic E-state index is 0.768. The van der Waals surface area contributed by atoms with Crippen LogP contribution in [0.2, 0.25) is 0 Å². The smallest absolute Gasteiger partial charge is 0.125 e. The van der Waals surface area contributed by atoms with Crippen LogP contribution in [0.5, 0.6) is 0 Å². The van der Waals surface area contributed by atoms with Gasteiger partial charge in [-0.1, -0.05) is 6.42 Å². The highest BCUT2D eigenvalue weighted by Crippen LogP contribution is 2.25. The topological polar surface area (TPSA) is 24.9 Å². The molecule has 1 unspecified atom stereocenters. The molecule has 0 aromatic carbocycles. The summed E-state index contributed by atoms with van der Waals surface area (Å²) in [5.41, 5.74) is 0. The maximum Gasteiger partial charge on any atom is 0.125 e. The van der Waals surface area contributed by atoms with Gasteiger partial charge in [0.2, 0.25) is 0 Å². The Balaban J connectivity index is 1.79. The average molecular weight is 287 g/mol. The number of halogens is 1. The maximum atomic E-state index is 4.30. The highest BCUT2D eigenvalue weighted by Gasteiger charge is 2.13. The van der Waals surface area contributed by atoms with E-state index in [0.717, 1.165) is 22.1 Å². The second-order valence-electron chi connectivity index (χ2n) is 3.73. The van der Waals surface area contributed by atoms with Crippen molar-refractivity contribution in [3.63, 3.8) is 0 Å². The zero-order valence-corrected chi connectivity index (χ0v) is 11.0. The van der Waals surface area contributed by atoms with Gasteiger partial charge in [-0.3, -0.25) is 0 Å². The van der Waals surface area contributed by atoms with E-state index in [9.17, 15) is 0 Å². The lowest BCUT2D eigenvalue weighted by atomic mass is 10.2. The Bertz CT molecular complexity index is 296. The second kappa shape index (κ2) is 5.75. The van der Waals surface area contributed by atoms with Gasteiger partial charge in [-0.2, -0.15) is 11.8 Å². The largest absolute Gasteiger partial charge is 0.369 e. The van der Waals surface area contributed by atoms with Crippen molar-refractivity contribution >= 4 is 33.5 Å². The van der Waals surface area contributed by atoms with Gasteiger partial charge >= 0.3 is 0 Å². The Kier molecular flexibility index (Phi) is 4.32. The first-order chi connectivity index (χ1) is 7.34. The van der Waals surface area contributed by atoms with Crippen molar-refractivity contribution in [2.45, 2.75) is 24.5 Å². The van der Waals surface area contributed by atoms with E-state index in [2.05, 4.69) is 38.0 Å². The number of rotatable bonds is 3. The number of anilines is 1. The molecule has 15 heavy (non-hydrogen) atoms. The molecule has 0 bridgehead atoms. The quantitative estimate of drug-likeness (QED) is 0.920. The van der Waals surface area contributed by atoms with Gasteiger partial charge in [0, 0.05) is 22.5 Å². The summed E-state index contributed by atoms with van der Waals surface area (Å²) in [6.45, 7) is 1.04. The van der Waals surface area contributed by atoms with E-state index in [1.54, 1.807) is 0 Å². The van der Waals surface area contributed by atoms with Crippen molar-refractivity contribution in [2.75, 3.05) is 17.6 Å². The summed E-state index contributed by atoms with van der Waals surface area (Å²) in [6, 6.07) is 4.03. The molecule has 0 amide bonds. The lowest BCUT2D eigenvalue weighted by Crippen LogP contribution is -2.20. The zero-order chi connectivity index (χ0) is 10.5. The van der Waals surface area contributed by atoms with Crippen LogP contribution in [0.3, 0.4) is 0 Å². The summed E-state index contributed by atoms with van der Waals surface area (Å²) < 4.78 is 1.03. The van der Waals surface area contributed by atoms with Crippen molar-refractivity contribution in [3.05, 3.63) is 22.8 Å². The van der Waals surface area contributed by atoms with Crippen molar-refractivity contribution < 1.29 is 0 Å². The summed E-state index contributed by atoms with van der Waals surface area (Å²) in [4.78, 5) is 4.30. The Labute approximate surface area is 103 Å². The summed E-state index contributed by atoms with van der Waals surface area (Å²) in [7, 11) is 0. The molecule has 1 fully saturated rings. The molecular weight excluding hydrogens is 272 g/mol. The summed E-state index contributed by atoms with van der Waals surface area (Å²) in [6.07, 6.45) is 5.94. The molecule has 1 saturated heterocycles. The van der Waals surface area contributed by atoms with E-state index < -0.39 is 0 Å². The van der Waals surface area contributed by atoms with Crippen LogP contribution in [0.4, 0.5) is 5.82 Å². The summed E-state index contributed by atoms with van der Waals surface area (Å²) in [5, 5.41) is 4.16. The Hall–Kier alpha value is -0.220. The first-order valence-electron chi connectivity index (χ1n) is 5.31. The average Bonchev–Trinajstić information content (AvgIpc) is 2.30. The third-order valence-corrected chi connectivity index (χ3v) is 4.38. The number of pyridine rings is 1. The molecule has 1 aromatic rings. The third-order valence-electron chi connectivity index (χ3n) is 2.51. The van der Waals surface area contributed by atoms with Crippen LogP contribution < -0.4 is 5.32 Å². The first kappa shape index (κ1) is 11.3. The molecule has 1 N–H and O–H groups in total. The monoisotopic (exact) mass is 286 g/mol. The van der Waals surface area contributed by atoms with Gasteiger partial charge in [0.1, 0.15) is 5.82 Å². The molecule has 1 aliphatic heterocycles. The fraction of sp³-hybridized carbons (Fsp3) is 0.545. The van der Waals surface area contributed by atoms with Gasteiger partial charge in [-0.25, -0.2) is 4.98 Å². The number of aromatic nitrogens is 1. The molecule has 1 atom stereocenters. The van der Waals surface area contributed by atoms with Crippen LogP contribution in [0.15, 0.2) is 22.8 Å². The molecule has 4 heteroatoms. The molecule has 82 valence electrons. The van der Waals surface area contributed by atoms with Gasteiger partial charge in [0.05, 0.1) is 0 Å². The van der Waals surface area contributed by atoms with Crippen LogP contribution in [-0.2, 0) is 0 Å². The van der Waals surface area contributed by atoms with Crippen LogP contribution in [0, 0.1) is 0 Å². The minimum Gasteiger partial charge on any atom is -0.369 e. The highest BCUT2D eigenvalue weighted by molar-refractivity contribution is 9.10. The summed E-state index contributed by atoms with van der Waals surface area (Å²) in [5.74, 6) is 2.30. The SMILES string of the molecule is Brc1ccc(NCC2CCCCS2)nc1. The van der Waals surface area contributed by atoms with Crippen molar-refractivity contribution in [2.24, 2.45) is 0 Å². The number of nitrogens with one attached hydrogen (secondary N) is 1. The van der Waals surface area contributed by atoms with E-state index in [1.807, 2.05) is 18.3 Å². The van der Waals surface area contributed by atoms with Gasteiger partial charge in [0.15, 0.2) is 0 Å². The summed E-state index contributed by atoms with van der Waals surface area (Å²) >= 11 is 5.46. The highest BCUT2D eigenvalue weighted by atomic mass is 79.9. The molecule has 2 rings (SSSR count). The number of hydrogen-bond acceptors (Lipinski definition) is 3. The van der Waals surface area contributed by atoms with Crippen LogP contribution in [0.25, 0.3) is 0 Å². The van der Waals surface area contributed by atoms with Gasteiger partial charge in [0.25, 0.3) is 0 Å². The normalized spacial score (nSPS) is 21.3. The molecule has 0 aliphatic carbocycles. The maximum absolute atomic E-state index is 4.30. The van der Waals surface area contributed by atoms with E-state index in [-0.39, 0.29) is 0 Å². The Morgan fingerprint density at radius 2 is 2.40 bits per heavy atom. The third kappa shape index (κ3) is 3.68. The standard InChI is InChI=1S/C11H15BrN2S/c12-9-4-5-11(13-7-9)14-8-10-3-1-2-6-15-10/h4-5,7,10H,1-3,6,8H2,(H,13,14). The molecule has 0 saturated carbocycles. The number of thioether (sulfide) groups is 1. The molecule has 1 aliphatic rings. The molecule has 1 aromatic heterocycles. The number of nitrogens with zero attached hydrogens (tertiary/aromatic N) is 1. The zero-order valence-electron chi connectivity index (χ0n) is 8.58. The molecule has 2 heterocycles. The van der Waals surface area contributed by atoms with E-state index >= 15 is 0 Å². The second-order valence-corrected chi connectivity index (χ2v) is 6.06. The van der Waals surface area contributed by atoms with Gasteiger partial charge in [-0.15, -0.1) is 0 Å². The Morgan fingerprint density at radius 3 is 3.07 bits per heavy atom. The van der Waals surface area contributed by atoms with E-state index in [1.165, 1.54) is 25.0 Å². The number of hydrogen-bond donors (Lipinski definition) is 1. The molecule has 0 radical (unpaired) electrons. The van der Waals surface area contributed by atoms with E-state index in [0.29, 0.717) is 0 Å². The van der Waals surface area contributed by atoms with Crippen LogP contribution in [-0.4, -0.2) is 22.5 Å². The van der Waals surface area contributed by atoms with Crippen LogP contribution >= 0.6 is 27.7 Å². The van der Waals surface area contributed by atoms with Crippen molar-refractivity contribution in [1.82, 2.24) is 4.98 Å². The van der Waals surface area contributed by atoms with E-state index in [4.69, 9.17) is 0 Å². The molecule has 0 spiro atoms.